The summed E-state index contributed by atoms with van der Waals surface area (Å²) in [6, 6.07) is 17.7. The van der Waals surface area contributed by atoms with Gasteiger partial charge in [-0.3, -0.25) is 9.78 Å². The first kappa shape index (κ1) is 24.3. The lowest BCUT2D eigenvalue weighted by Gasteiger charge is -2.31. The molecule has 0 atom stereocenters. The number of H-pyrrole nitrogens is 1. The molecule has 0 radical (unpaired) electrons. The number of anilines is 1. The smallest absolute Gasteiger partial charge is 0.258 e. The normalized spacial score (nSPS) is 14.2. The largest absolute Gasteiger partial charge is 0.484 e. The number of piperidine rings is 1. The minimum Gasteiger partial charge on any atom is -0.484 e. The van der Waals surface area contributed by atoms with E-state index in [1.807, 2.05) is 25.1 Å². The highest BCUT2D eigenvalue weighted by Crippen LogP contribution is 2.26. The summed E-state index contributed by atoms with van der Waals surface area (Å²) in [5.41, 5.74) is 3.34. The molecule has 0 spiro atoms. The zero-order chi connectivity index (χ0) is 24.9. The van der Waals surface area contributed by atoms with Gasteiger partial charge in [0.25, 0.3) is 5.56 Å². The van der Waals surface area contributed by atoms with Crippen LogP contribution in [0.1, 0.15) is 29.9 Å². The topological polar surface area (TPSA) is 83.1 Å². The van der Waals surface area contributed by atoms with Crippen LogP contribution < -0.4 is 20.5 Å². The van der Waals surface area contributed by atoms with Gasteiger partial charge in [-0.1, -0.05) is 35.9 Å². The van der Waals surface area contributed by atoms with Crippen LogP contribution in [-0.4, -0.2) is 34.6 Å². The van der Waals surface area contributed by atoms with Crippen LogP contribution in [0, 0.1) is 12.8 Å². The number of aromatic amines is 1. The zero-order valence-corrected chi connectivity index (χ0v) is 21.1. The molecule has 1 saturated heterocycles. The van der Waals surface area contributed by atoms with Crippen molar-refractivity contribution in [1.29, 1.82) is 0 Å². The molecule has 2 N–H and O–H groups in total. The maximum atomic E-state index is 12.9. The lowest BCUT2D eigenvalue weighted by atomic mass is 9.97. The zero-order valence-electron chi connectivity index (χ0n) is 20.3. The van der Waals surface area contributed by atoms with E-state index >= 15 is 0 Å². The molecule has 8 heteroatoms. The minimum atomic E-state index is -0.206. The van der Waals surface area contributed by atoms with Crippen molar-refractivity contribution in [2.24, 2.45) is 5.92 Å². The highest BCUT2D eigenvalue weighted by molar-refractivity contribution is 6.32. The predicted octanol–water partition coefficient (Wildman–Crippen LogP) is 4.87. The Morgan fingerprint density at radius 1 is 1.11 bits per heavy atom. The van der Waals surface area contributed by atoms with E-state index in [2.05, 4.69) is 44.5 Å². The lowest BCUT2D eigenvalue weighted by molar-refractivity contribution is 0.296. The average molecular weight is 504 g/mol. The molecule has 0 saturated carbocycles. The van der Waals surface area contributed by atoms with Crippen molar-refractivity contribution in [3.63, 3.8) is 0 Å². The Labute approximate surface area is 215 Å². The SMILES string of the molecule is Cc1ccc(Cl)c(OCc2nc3c(CN(CC4CCNCC4)c4ccccc4)nccc3c(=O)[nH]2)c1. The highest BCUT2D eigenvalue weighted by atomic mass is 35.5. The molecule has 186 valence electrons. The molecule has 0 bridgehead atoms. The molecule has 5 rings (SSSR count). The Bertz CT molecular complexity index is 1390. The number of nitrogens with zero attached hydrogens (tertiary/aromatic N) is 3. The maximum absolute atomic E-state index is 12.9. The molecule has 3 heterocycles. The standard InChI is InChI=1S/C28H30ClN5O2/c1-19-7-8-23(29)25(15-19)36-18-26-32-27-22(28(35)33-26)11-14-31-24(27)17-34(21-5-3-2-4-6-21)16-20-9-12-30-13-10-20/h2-8,11,14-15,20,30H,9-10,12-13,16-18H2,1H3,(H,32,33,35). The average Bonchev–Trinajstić information content (AvgIpc) is 2.90. The van der Waals surface area contributed by atoms with Crippen LogP contribution >= 0.6 is 11.6 Å². The molecule has 7 nitrogen and oxygen atoms in total. The van der Waals surface area contributed by atoms with Crippen molar-refractivity contribution in [1.82, 2.24) is 20.3 Å². The second kappa shape index (κ2) is 11.1. The number of hydrogen-bond acceptors (Lipinski definition) is 6. The van der Waals surface area contributed by atoms with Gasteiger partial charge in [0.1, 0.15) is 23.7 Å². The van der Waals surface area contributed by atoms with E-state index < -0.39 is 0 Å². The number of rotatable bonds is 8. The van der Waals surface area contributed by atoms with E-state index in [9.17, 15) is 4.79 Å². The third-order valence-corrected chi connectivity index (χ3v) is 6.91. The van der Waals surface area contributed by atoms with Gasteiger partial charge >= 0.3 is 0 Å². The van der Waals surface area contributed by atoms with Gasteiger partial charge in [-0.25, -0.2) is 4.98 Å². The van der Waals surface area contributed by atoms with Crippen molar-refractivity contribution in [2.75, 3.05) is 24.5 Å². The number of halogens is 1. The number of hydrogen-bond donors (Lipinski definition) is 2. The summed E-state index contributed by atoms with van der Waals surface area (Å²) in [6.07, 6.45) is 3.98. The van der Waals surface area contributed by atoms with E-state index in [1.54, 1.807) is 18.3 Å². The molecule has 1 aliphatic rings. The van der Waals surface area contributed by atoms with E-state index in [1.165, 1.54) is 0 Å². The summed E-state index contributed by atoms with van der Waals surface area (Å²) >= 11 is 6.27. The van der Waals surface area contributed by atoms with Crippen LogP contribution in [0.3, 0.4) is 0 Å². The number of aryl methyl sites for hydroxylation is 1. The summed E-state index contributed by atoms with van der Waals surface area (Å²) in [5.74, 6) is 1.59. The van der Waals surface area contributed by atoms with E-state index in [0.29, 0.717) is 40.0 Å². The van der Waals surface area contributed by atoms with Crippen molar-refractivity contribution < 1.29 is 4.74 Å². The first-order valence-corrected chi connectivity index (χ1v) is 12.7. The Morgan fingerprint density at radius 3 is 2.72 bits per heavy atom. The highest BCUT2D eigenvalue weighted by Gasteiger charge is 2.20. The summed E-state index contributed by atoms with van der Waals surface area (Å²) in [7, 11) is 0. The lowest BCUT2D eigenvalue weighted by Crippen LogP contribution is -2.36. The van der Waals surface area contributed by atoms with Crippen LogP contribution in [-0.2, 0) is 13.2 Å². The monoisotopic (exact) mass is 503 g/mol. The number of aromatic nitrogens is 3. The van der Waals surface area contributed by atoms with Gasteiger partial charge in [-0.05, 0) is 74.7 Å². The van der Waals surface area contributed by atoms with Gasteiger partial charge in [-0.2, -0.15) is 0 Å². The fraction of sp³-hybridized carbons (Fsp3) is 0.321. The number of benzene rings is 2. The third kappa shape index (κ3) is 5.69. The molecular weight excluding hydrogens is 474 g/mol. The second-order valence-corrected chi connectivity index (χ2v) is 9.71. The first-order chi connectivity index (χ1) is 17.6. The number of para-hydroxylation sites is 1. The Balaban J connectivity index is 1.44. The van der Waals surface area contributed by atoms with Crippen LogP contribution in [0.4, 0.5) is 5.69 Å². The van der Waals surface area contributed by atoms with Gasteiger partial charge < -0.3 is 19.9 Å². The number of ether oxygens (including phenoxy) is 1. The second-order valence-electron chi connectivity index (χ2n) is 9.30. The molecule has 1 fully saturated rings. The summed E-state index contributed by atoms with van der Waals surface area (Å²) in [5, 5.41) is 4.48. The number of nitrogens with one attached hydrogen (secondary N) is 2. The first-order valence-electron chi connectivity index (χ1n) is 12.3. The van der Waals surface area contributed by atoms with Crippen LogP contribution in [0.5, 0.6) is 5.75 Å². The minimum absolute atomic E-state index is 0.0974. The number of fused-ring (bicyclic) bond motifs is 1. The van der Waals surface area contributed by atoms with Crippen molar-refractivity contribution in [3.8, 4) is 5.75 Å². The van der Waals surface area contributed by atoms with Gasteiger partial charge in [-0.15, -0.1) is 0 Å². The van der Waals surface area contributed by atoms with Gasteiger partial charge in [0.15, 0.2) is 0 Å². The molecule has 0 unspecified atom stereocenters. The van der Waals surface area contributed by atoms with Gasteiger partial charge in [0.2, 0.25) is 0 Å². The summed E-state index contributed by atoms with van der Waals surface area (Å²) < 4.78 is 5.90. The molecule has 1 aliphatic heterocycles. The molecular formula is C28H30ClN5O2. The summed E-state index contributed by atoms with van der Waals surface area (Å²) in [4.78, 5) is 27.6. The van der Waals surface area contributed by atoms with Crippen LogP contribution in [0.2, 0.25) is 5.02 Å². The predicted molar refractivity (Wildman–Crippen MR) is 144 cm³/mol. The quantitative estimate of drug-likeness (QED) is 0.357. The van der Waals surface area contributed by atoms with Crippen LogP contribution in [0.15, 0.2) is 65.6 Å². The molecule has 2 aromatic carbocycles. The van der Waals surface area contributed by atoms with E-state index in [4.69, 9.17) is 21.3 Å². The van der Waals surface area contributed by atoms with Gasteiger partial charge in [0.05, 0.1) is 22.6 Å². The van der Waals surface area contributed by atoms with Gasteiger partial charge in [0, 0.05) is 18.4 Å². The maximum Gasteiger partial charge on any atom is 0.258 e. The Morgan fingerprint density at radius 2 is 1.92 bits per heavy atom. The Kier molecular flexibility index (Phi) is 7.49. The summed E-state index contributed by atoms with van der Waals surface area (Å²) in [6.45, 7) is 5.65. The van der Waals surface area contributed by atoms with E-state index in [0.717, 1.165) is 49.4 Å². The van der Waals surface area contributed by atoms with Crippen LogP contribution in [0.25, 0.3) is 10.9 Å². The molecule has 2 aromatic heterocycles. The molecule has 4 aromatic rings. The fourth-order valence-corrected chi connectivity index (χ4v) is 4.85. The molecule has 36 heavy (non-hydrogen) atoms. The van der Waals surface area contributed by atoms with E-state index in [-0.39, 0.29) is 12.2 Å². The Hall–Kier alpha value is -3.42. The van der Waals surface area contributed by atoms with Crippen molar-refractivity contribution >= 4 is 28.2 Å². The number of pyridine rings is 1. The van der Waals surface area contributed by atoms with Crippen molar-refractivity contribution in [3.05, 3.63) is 93.3 Å². The fourth-order valence-electron chi connectivity index (χ4n) is 4.67. The molecule has 0 aliphatic carbocycles. The van der Waals surface area contributed by atoms with Crippen molar-refractivity contribution in [2.45, 2.75) is 32.9 Å². The third-order valence-electron chi connectivity index (χ3n) is 6.60. The molecule has 0 amide bonds.